The van der Waals surface area contributed by atoms with Crippen molar-refractivity contribution in [2.75, 3.05) is 12.3 Å². The number of aliphatic hydroxyl groups excluding tert-OH is 1. The maximum Gasteiger partial charge on any atom is 0.223 e. The molecule has 0 amide bonds. The Morgan fingerprint density at radius 1 is 1.07 bits per heavy atom. The number of aromatic nitrogens is 4. The molecule has 0 unspecified atom stereocenters. The van der Waals surface area contributed by atoms with Crippen LogP contribution in [0.4, 0.5) is 5.95 Å². The normalized spacial score (nSPS) is 25.5. The zero-order chi connectivity index (χ0) is 30.6. The highest BCUT2D eigenvalue weighted by Gasteiger charge is 2.51. The first-order valence-electron chi connectivity index (χ1n) is 14.7. The van der Waals surface area contributed by atoms with Crippen molar-refractivity contribution >= 4 is 33.7 Å². The summed E-state index contributed by atoms with van der Waals surface area (Å²) in [5.41, 5.74) is 6.25. The number of imidazole rings is 1. The number of anilines is 1. The van der Waals surface area contributed by atoms with Crippen molar-refractivity contribution in [1.29, 1.82) is 0 Å². The molecule has 2 aliphatic rings. The minimum Gasteiger partial charge on any atom is -0.414 e. The molecule has 0 spiro atoms. The van der Waals surface area contributed by atoms with E-state index in [-0.39, 0.29) is 16.0 Å². The molecule has 0 aromatic carbocycles. The molecular formula is C29H49N5O5Si2. The lowest BCUT2D eigenvalue weighted by Crippen LogP contribution is -2.51. The topological polar surface area (TPSA) is 138 Å². The van der Waals surface area contributed by atoms with Gasteiger partial charge >= 0.3 is 0 Å². The lowest BCUT2D eigenvalue weighted by atomic mass is 10.0. The number of hydrogen-bond donors (Lipinski definition) is 3. The Labute approximate surface area is 246 Å². The molecule has 10 nitrogen and oxygen atoms in total. The number of fused-ring (bicyclic) bond motifs is 1. The SMILES string of the molecule is CC(C)(C)[Si](C)(C)OC[C@H]1O[C@@H](n2cnc3c(C#CC4(O)CCCC4)nc(N)nc32)[C@H](O)[C@@H]1O[Si](C)(C)C(C)(C)C. The van der Waals surface area contributed by atoms with Crippen LogP contribution in [-0.4, -0.2) is 76.9 Å². The van der Waals surface area contributed by atoms with Crippen LogP contribution in [0, 0.1) is 11.8 Å². The van der Waals surface area contributed by atoms with Crippen molar-refractivity contribution in [3.05, 3.63) is 12.0 Å². The van der Waals surface area contributed by atoms with Gasteiger partial charge in [-0.05, 0) is 67.9 Å². The number of hydrogen-bond acceptors (Lipinski definition) is 9. The van der Waals surface area contributed by atoms with Gasteiger partial charge in [0.1, 0.15) is 35.1 Å². The van der Waals surface area contributed by atoms with Gasteiger partial charge in [-0.15, -0.1) is 0 Å². The summed E-state index contributed by atoms with van der Waals surface area (Å²) in [5, 5.41) is 22.4. The molecule has 1 saturated heterocycles. The molecule has 4 atom stereocenters. The fourth-order valence-electron chi connectivity index (χ4n) is 4.72. The first-order chi connectivity index (χ1) is 18.7. The molecule has 0 radical (unpaired) electrons. The molecule has 0 bridgehead atoms. The molecule has 2 fully saturated rings. The molecule has 1 aliphatic heterocycles. The summed E-state index contributed by atoms with van der Waals surface area (Å²) in [4.78, 5) is 13.3. The van der Waals surface area contributed by atoms with Crippen LogP contribution in [0.5, 0.6) is 0 Å². The van der Waals surface area contributed by atoms with E-state index in [9.17, 15) is 10.2 Å². The van der Waals surface area contributed by atoms with Crippen LogP contribution in [0.25, 0.3) is 11.2 Å². The molecule has 3 heterocycles. The van der Waals surface area contributed by atoms with Crippen LogP contribution in [0.3, 0.4) is 0 Å². The highest BCUT2D eigenvalue weighted by atomic mass is 28.4. The summed E-state index contributed by atoms with van der Waals surface area (Å²) < 4.78 is 21.6. The van der Waals surface area contributed by atoms with E-state index in [1.807, 2.05) is 0 Å². The second-order valence-electron chi connectivity index (χ2n) is 14.7. The van der Waals surface area contributed by atoms with E-state index in [0.717, 1.165) is 12.8 Å². The predicted molar refractivity (Wildman–Crippen MR) is 165 cm³/mol. The standard InChI is InChI=1S/C29H49N5O5Si2/c1-27(2,3)40(7,8)37-17-20-23(39-41(9,10)28(4,5)6)22(35)25(38-20)34-18-31-21-19(32-26(30)33-24(21)34)13-16-29(36)14-11-12-15-29/h18,20,22-23,25,35-36H,11-12,14-15,17H2,1-10H3,(H2,30,32,33)/t20-,22-,23-,25-/m1/s1. The Morgan fingerprint density at radius 2 is 1.68 bits per heavy atom. The van der Waals surface area contributed by atoms with Crippen LogP contribution in [0.1, 0.15) is 79.1 Å². The zero-order valence-electron chi connectivity index (χ0n) is 26.4. The van der Waals surface area contributed by atoms with Gasteiger partial charge in [0.15, 0.2) is 28.5 Å². The van der Waals surface area contributed by atoms with Gasteiger partial charge in [-0.1, -0.05) is 47.5 Å². The van der Waals surface area contributed by atoms with E-state index < -0.39 is 46.8 Å². The number of ether oxygens (including phenoxy) is 1. The van der Waals surface area contributed by atoms with E-state index in [4.69, 9.17) is 19.3 Å². The monoisotopic (exact) mass is 603 g/mol. The van der Waals surface area contributed by atoms with E-state index in [2.05, 4.69) is 94.5 Å². The van der Waals surface area contributed by atoms with E-state index in [1.54, 1.807) is 10.9 Å². The summed E-state index contributed by atoms with van der Waals surface area (Å²) in [5.74, 6) is 6.01. The molecule has 1 saturated carbocycles. The third kappa shape index (κ3) is 6.56. The number of nitrogen functional groups attached to an aromatic ring is 1. The summed E-state index contributed by atoms with van der Waals surface area (Å²) in [6.07, 6.45) is 1.80. The Hall–Kier alpha value is -1.86. The molecule has 12 heteroatoms. The van der Waals surface area contributed by atoms with Gasteiger partial charge in [-0.2, -0.15) is 4.98 Å². The van der Waals surface area contributed by atoms with Gasteiger partial charge in [-0.3, -0.25) is 4.57 Å². The Balaban J connectivity index is 1.69. The minimum absolute atomic E-state index is 0.0253. The summed E-state index contributed by atoms with van der Waals surface area (Å²) in [6, 6.07) is 0. The van der Waals surface area contributed by atoms with Gasteiger partial charge in [0, 0.05) is 0 Å². The van der Waals surface area contributed by atoms with Gasteiger partial charge in [0.05, 0.1) is 12.9 Å². The molecular weight excluding hydrogens is 555 g/mol. The van der Waals surface area contributed by atoms with Crippen LogP contribution in [-0.2, 0) is 13.6 Å². The van der Waals surface area contributed by atoms with Crippen molar-refractivity contribution in [3.8, 4) is 11.8 Å². The van der Waals surface area contributed by atoms with Gasteiger partial charge in [-0.25, -0.2) is 9.97 Å². The highest BCUT2D eigenvalue weighted by molar-refractivity contribution is 6.74. The smallest absolute Gasteiger partial charge is 0.223 e. The average molecular weight is 604 g/mol. The number of rotatable bonds is 6. The fourth-order valence-corrected chi connectivity index (χ4v) is 7.06. The lowest BCUT2D eigenvalue weighted by Gasteiger charge is -2.41. The van der Waals surface area contributed by atoms with Crippen molar-refractivity contribution in [3.63, 3.8) is 0 Å². The van der Waals surface area contributed by atoms with Crippen LogP contribution < -0.4 is 5.73 Å². The van der Waals surface area contributed by atoms with Gasteiger partial charge in [0.25, 0.3) is 0 Å². The third-order valence-corrected chi connectivity index (χ3v) is 18.5. The quantitative estimate of drug-likeness (QED) is 0.316. The van der Waals surface area contributed by atoms with Crippen molar-refractivity contribution in [2.45, 2.75) is 134 Å². The Bertz CT molecular complexity index is 1320. The molecule has 1 aliphatic carbocycles. The van der Waals surface area contributed by atoms with E-state index in [1.165, 1.54) is 0 Å². The summed E-state index contributed by atoms with van der Waals surface area (Å²) in [6.45, 7) is 22.2. The molecule has 4 rings (SSSR count). The average Bonchev–Trinajstić information content (AvgIpc) is 3.53. The van der Waals surface area contributed by atoms with Crippen LogP contribution >= 0.6 is 0 Å². The maximum absolute atomic E-state index is 11.7. The first-order valence-corrected chi connectivity index (χ1v) is 20.5. The molecule has 41 heavy (non-hydrogen) atoms. The molecule has 2 aromatic heterocycles. The Morgan fingerprint density at radius 3 is 2.27 bits per heavy atom. The summed E-state index contributed by atoms with van der Waals surface area (Å²) >= 11 is 0. The van der Waals surface area contributed by atoms with Crippen LogP contribution in [0.15, 0.2) is 6.33 Å². The second kappa shape index (κ2) is 11.0. The van der Waals surface area contributed by atoms with Crippen LogP contribution in [0.2, 0.25) is 36.3 Å². The molecule has 2 aromatic rings. The first kappa shape index (κ1) is 32.1. The Kier molecular flexibility index (Phi) is 8.61. The van der Waals surface area contributed by atoms with Gasteiger partial charge < -0.3 is 29.5 Å². The number of aliphatic hydroxyl groups is 2. The highest BCUT2D eigenvalue weighted by Crippen LogP contribution is 2.43. The van der Waals surface area contributed by atoms with Crippen molar-refractivity contribution in [2.24, 2.45) is 0 Å². The van der Waals surface area contributed by atoms with Crippen molar-refractivity contribution < 1.29 is 23.8 Å². The number of nitrogens with zero attached hydrogens (tertiary/aromatic N) is 4. The summed E-state index contributed by atoms with van der Waals surface area (Å²) in [7, 11) is -4.37. The van der Waals surface area contributed by atoms with Crippen molar-refractivity contribution in [1.82, 2.24) is 19.5 Å². The second-order valence-corrected chi connectivity index (χ2v) is 24.3. The van der Waals surface area contributed by atoms with E-state index in [0.29, 0.717) is 36.3 Å². The number of nitrogens with two attached hydrogens (primary N) is 1. The largest absolute Gasteiger partial charge is 0.414 e. The fraction of sp³-hybridized carbons (Fsp3) is 0.759. The van der Waals surface area contributed by atoms with Gasteiger partial charge in [0.2, 0.25) is 5.95 Å². The maximum atomic E-state index is 11.7. The molecule has 228 valence electrons. The third-order valence-electron chi connectivity index (χ3n) is 9.52. The van der Waals surface area contributed by atoms with E-state index >= 15 is 0 Å². The predicted octanol–water partition coefficient (Wildman–Crippen LogP) is 4.74. The molecule has 4 N–H and O–H groups in total. The minimum atomic E-state index is -2.28. The zero-order valence-corrected chi connectivity index (χ0v) is 28.4. The lowest BCUT2D eigenvalue weighted by molar-refractivity contribution is -0.0487.